The van der Waals surface area contributed by atoms with Crippen LogP contribution in [0.4, 0.5) is 5.69 Å². The smallest absolute Gasteiger partial charge is 0.266 e. The van der Waals surface area contributed by atoms with Crippen molar-refractivity contribution in [3.8, 4) is 17.6 Å². The van der Waals surface area contributed by atoms with Gasteiger partial charge in [0.05, 0.1) is 13.2 Å². The lowest BCUT2D eigenvalue weighted by molar-refractivity contribution is -0.112. The molecule has 0 spiro atoms. The number of nitrogens with zero attached hydrogens (tertiary/aromatic N) is 1. The third-order valence-corrected chi connectivity index (χ3v) is 3.80. The average Bonchev–Trinajstić information content (AvgIpc) is 2.67. The maximum atomic E-state index is 12.5. The first-order valence-corrected chi connectivity index (χ1v) is 8.97. The van der Waals surface area contributed by atoms with E-state index in [4.69, 9.17) is 9.47 Å². The third-order valence-electron chi connectivity index (χ3n) is 3.80. The minimum atomic E-state index is -0.448. The SMILES string of the molecule is CCCOc1ccc(C=C(C#N)C(=O)Nc2ccccc2C)cc1OCC. The fourth-order valence-corrected chi connectivity index (χ4v) is 2.43. The van der Waals surface area contributed by atoms with Crippen molar-refractivity contribution in [2.45, 2.75) is 27.2 Å². The standard InChI is InChI=1S/C22H24N2O3/c1-4-12-27-20-11-10-17(14-21(20)26-5-2)13-18(15-23)22(25)24-19-9-7-6-8-16(19)3/h6-11,13-14H,4-5,12H2,1-3H3,(H,24,25). The Balaban J connectivity index is 2.25. The highest BCUT2D eigenvalue weighted by atomic mass is 16.5. The summed E-state index contributed by atoms with van der Waals surface area (Å²) >= 11 is 0. The second kappa shape index (κ2) is 10.0. The maximum Gasteiger partial charge on any atom is 0.266 e. The molecule has 0 fully saturated rings. The van der Waals surface area contributed by atoms with Gasteiger partial charge in [0.25, 0.3) is 5.91 Å². The molecule has 5 heteroatoms. The Hall–Kier alpha value is -3.26. The van der Waals surface area contributed by atoms with Gasteiger partial charge in [0.15, 0.2) is 11.5 Å². The van der Waals surface area contributed by atoms with Crippen LogP contribution in [0.5, 0.6) is 11.5 Å². The summed E-state index contributed by atoms with van der Waals surface area (Å²) in [6.45, 7) is 6.91. The summed E-state index contributed by atoms with van der Waals surface area (Å²) in [4.78, 5) is 12.5. The number of carbonyl (C=O) groups is 1. The molecule has 5 nitrogen and oxygen atoms in total. The van der Waals surface area contributed by atoms with Crippen LogP contribution in [-0.4, -0.2) is 19.1 Å². The Morgan fingerprint density at radius 2 is 1.93 bits per heavy atom. The van der Waals surface area contributed by atoms with Gasteiger partial charge in [-0.3, -0.25) is 4.79 Å². The molecule has 140 valence electrons. The molecule has 0 aliphatic heterocycles. The van der Waals surface area contributed by atoms with E-state index in [-0.39, 0.29) is 5.57 Å². The molecule has 0 unspecified atom stereocenters. The summed E-state index contributed by atoms with van der Waals surface area (Å²) in [6.07, 6.45) is 2.44. The van der Waals surface area contributed by atoms with Crippen LogP contribution in [0.25, 0.3) is 6.08 Å². The van der Waals surface area contributed by atoms with Crippen LogP contribution in [0.3, 0.4) is 0 Å². The molecule has 0 bridgehead atoms. The maximum absolute atomic E-state index is 12.5. The van der Waals surface area contributed by atoms with Crippen LogP contribution in [0.1, 0.15) is 31.4 Å². The van der Waals surface area contributed by atoms with Crippen molar-refractivity contribution in [1.29, 1.82) is 5.26 Å². The first-order chi connectivity index (χ1) is 13.1. The lowest BCUT2D eigenvalue weighted by atomic mass is 10.1. The average molecular weight is 364 g/mol. The van der Waals surface area contributed by atoms with Crippen molar-refractivity contribution in [1.82, 2.24) is 0 Å². The number of nitriles is 1. The van der Waals surface area contributed by atoms with Crippen molar-refractivity contribution >= 4 is 17.7 Å². The Bertz CT molecular complexity index is 866. The van der Waals surface area contributed by atoms with Crippen molar-refractivity contribution in [3.63, 3.8) is 0 Å². The van der Waals surface area contributed by atoms with Gasteiger partial charge in [-0.25, -0.2) is 0 Å². The second-order valence-corrected chi connectivity index (χ2v) is 5.93. The van der Waals surface area contributed by atoms with Crippen LogP contribution in [0.2, 0.25) is 0 Å². The molecule has 0 aliphatic rings. The summed E-state index contributed by atoms with van der Waals surface area (Å²) in [6, 6.07) is 14.8. The number of hydrogen-bond acceptors (Lipinski definition) is 4. The van der Waals surface area contributed by atoms with Crippen molar-refractivity contribution in [2.24, 2.45) is 0 Å². The van der Waals surface area contributed by atoms with Crippen molar-refractivity contribution in [3.05, 3.63) is 59.2 Å². The molecule has 0 aliphatic carbocycles. The summed E-state index contributed by atoms with van der Waals surface area (Å²) in [5.74, 6) is 0.797. The molecule has 0 radical (unpaired) electrons. The van der Waals surface area contributed by atoms with Gasteiger partial charge in [-0.05, 0) is 55.7 Å². The zero-order valence-corrected chi connectivity index (χ0v) is 15.9. The normalized spacial score (nSPS) is 10.8. The van der Waals surface area contributed by atoms with E-state index in [1.165, 1.54) is 0 Å². The number of anilines is 1. The van der Waals surface area contributed by atoms with Gasteiger partial charge in [0.1, 0.15) is 11.6 Å². The molecule has 0 aromatic heterocycles. The molecule has 2 aromatic carbocycles. The lowest BCUT2D eigenvalue weighted by Gasteiger charge is -2.12. The van der Waals surface area contributed by atoms with Crippen LogP contribution >= 0.6 is 0 Å². The van der Waals surface area contributed by atoms with Gasteiger partial charge in [0.2, 0.25) is 0 Å². The molecular formula is C22H24N2O3. The zero-order valence-electron chi connectivity index (χ0n) is 15.9. The van der Waals surface area contributed by atoms with E-state index < -0.39 is 5.91 Å². The fraction of sp³-hybridized carbons (Fsp3) is 0.273. The monoisotopic (exact) mass is 364 g/mol. The summed E-state index contributed by atoms with van der Waals surface area (Å²) < 4.78 is 11.3. The quantitative estimate of drug-likeness (QED) is 0.543. The molecule has 0 heterocycles. The van der Waals surface area contributed by atoms with E-state index in [2.05, 4.69) is 5.32 Å². The zero-order chi connectivity index (χ0) is 19.6. The number of rotatable bonds is 8. The van der Waals surface area contributed by atoms with Crippen LogP contribution < -0.4 is 14.8 Å². The fourth-order valence-electron chi connectivity index (χ4n) is 2.43. The van der Waals surface area contributed by atoms with E-state index in [0.717, 1.165) is 12.0 Å². The number of benzene rings is 2. The van der Waals surface area contributed by atoms with Crippen LogP contribution in [0, 0.1) is 18.3 Å². The minimum absolute atomic E-state index is 0.0166. The van der Waals surface area contributed by atoms with Gasteiger partial charge >= 0.3 is 0 Å². The van der Waals surface area contributed by atoms with E-state index in [1.807, 2.05) is 45.0 Å². The van der Waals surface area contributed by atoms with Crippen molar-refractivity contribution < 1.29 is 14.3 Å². The van der Waals surface area contributed by atoms with E-state index in [1.54, 1.807) is 30.3 Å². The van der Waals surface area contributed by atoms with Crippen molar-refractivity contribution in [2.75, 3.05) is 18.5 Å². The number of hydrogen-bond donors (Lipinski definition) is 1. The highest BCUT2D eigenvalue weighted by Gasteiger charge is 2.12. The molecule has 2 aromatic rings. The lowest BCUT2D eigenvalue weighted by Crippen LogP contribution is -2.14. The largest absolute Gasteiger partial charge is 0.490 e. The van der Waals surface area contributed by atoms with Gasteiger partial charge in [-0.15, -0.1) is 0 Å². The Morgan fingerprint density at radius 1 is 1.15 bits per heavy atom. The highest BCUT2D eigenvalue weighted by molar-refractivity contribution is 6.10. The number of amides is 1. The summed E-state index contributed by atoms with van der Waals surface area (Å²) in [5.41, 5.74) is 2.32. The van der Waals surface area contributed by atoms with Crippen LogP contribution in [0.15, 0.2) is 48.0 Å². The first-order valence-electron chi connectivity index (χ1n) is 8.97. The number of para-hydroxylation sites is 1. The Morgan fingerprint density at radius 3 is 2.59 bits per heavy atom. The molecular weight excluding hydrogens is 340 g/mol. The van der Waals surface area contributed by atoms with E-state index in [9.17, 15) is 10.1 Å². The number of aryl methyl sites for hydroxylation is 1. The first kappa shape index (κ1) is 20.1. The molecule has 1 amide bonds. The molecule has 1 N–H and O–H groups in total. The van der Waals surface area contributed by atoms with Gasteiger partial charge < -0.3 is 14.8 Å². The third kappa shape index (κ3) is 5.61. The Labute approximate surface area is 160 Å². The number of nitrogens with one attached hydrogen (secondary N) is 1. The number of carbonyl (C=O) groups excluding carboxylic acids is 1. The molecule has 2 rings (SSSR count). The minimum Gasteiger partial charge on any atom is -0.490 e. The van der Waals surface area contributed by atoms with Gasteiger partial charge in [0, 0.05) is 5.69 Å². The number of ether oxygens (including phenoxy) is 2. The molecule has 0 saturated carbocycles. The summed E-state index contributed by atoms with van der Waals surface area (Å²) in [7, 11) is 0. The van der Waals surface area contributed by atoms with E-state index >= 15 is 0 Å². The van der Waals surface area contributed by atoms with Crippen LogP contribution in [-0.2, 0) is 4.79 Å². The van der Waals surface area contributed by atoms with Gasteiger partial charge in [-0.1, -0.05) is 31.2 Å². The highest BCUT2D eigenvalue weighted by Crippen LogP contribution is 2.29. The Kier molecular flexibility index (Phi) is 7.45. The summed E-state index contributed by atoms with van der Waals surface area (Å²) in [5, 5.41) is 12.2. The predicted molar refractivity (Wildman–Crippen MR) is 107 cm³/mol. The molecule has 0 atom stereocenters. The second-order valence-electron chi connectivity index (χ2n) is 5.93. The molecule has 27 heavy (non-hydrogen) atoms. The van der Waals surface area contributed by atoms with E-state index in [0.29, 0.717) is 36.0 Å². The molecule has 0 saturated heterocycles. The predicted octanol–water partition coefficient (Wildman–Crippen LogP) is 4.73. The van der Waals surface area contributed by atoms with Gasteiger partial charge in [-0.2, -0.15) is 5.26 Å². The topological polar surface area (TPSA) is 71.3 Å².